The van der Waals surface area contributed by atoms with E-state index in [0.717, 1.165) is 24.5 Å². The standard InChI is InChI=1S/C17H20FN5O2/c1-3-4-17(2,5-6-21-25)12-9-20-23-14-11(15(19)24)7-10(18)8-13(14)22-16(12)23/h7-9,20H,3-6H2,1-2H3,(H2,19,24). The molecule has 0 spiro atoms. The Morgan fingerprint density at radius 3 is 2.84 bits per heavy atom. The van der Waals surface area contributed by atoms with Gasteiger partial charge in [0.05, 0.1) is 17.6 Å². The summed E-state index contributed by atoms with van der Waals surface area (Å²) in [6.45, 7) is 4.33. The molecular formula is C17H20FN5O2. The van der Waals surface area contributed by atoms with E-state index in [-0.39, 0.29) is 17.5 Å². The van der Waals surface area contributed by atoms with E-state index < -0.39 is 11.7 Å². The zero-order valence-corrected chi connectivity index (χ0v) is 14.2. The van der Waals surface area contributed by atoms with Crippen molar-refractivity contribution in [3.63, 3.8) is 0 Å². The zero-order valence-electron chi connectivity index (χ0n) is 14.2. The lowest BCUT2D eigenvalue weighted by Gasteiger charge is -2.27. The van der Waals surface area contributed by atoms with E-state index in [1.54, 1.807) is 4.52 Å². The van der Waals surface area contributed by atoms with Gasteiger partial charge in [0, 0.05) is 17.8 Å². The van der Waals surface area contributed by atoms with E-state index in [9.17, 15) is 14.1 Å². The number of halogens is 1. The highest BCUT2D eigenvalue weighted by Gasteiger charge is 2.31. The molecule has 25 heavy (non-hydrogen) atoms. The van der Waals surface area contributed by atoms with Gasteiger partial charge in [0.15, 0.2) is 5.65 Å². The van der Waals surface area contributed by atoms with E-state index in [4.69, 9.17) is 5.73 Å². The number of rotatable bonds is 7. The number of hydrogen-bond donors (Lipinski definition) is 2. The van der Waals surface area contributed by atoms with Crippen LogP contribution in [-0.2, 0) is 5.41 Å². The van der Waals surface area contributed by atoms with Crippen LogP contribution in [0.2, 0.25) is 0 Å². The van der Waals surface area contributed by atoms with Crippen molar-refractivity contribution in [2.75, 3.05) is 6.54 Å². The van der Waals surface area contributed by atoms with Crippen molar-refractivity contribution in [2.45, 2.75) is 38.5 Å². The van der Waals surface area contributed by atoms with E-state index in [1.807, 2.05) is 6.20 Å². The minimum atomic E-state index is -0.719. The highest BCUT2D eigenvalue weighted by atomic mass is 19.1. The number of carbonyl (C=O) groups excluding carboxylic acids is 1. The number of amides is 1. The number of aromatic amines is 1. The number of carbonyl (C=O) groups is 1. The monoisotopic (exact) mass is 345 g/mol. The molecule has 8 heteroatoms. The Bertz CT molecular complexity index is 961. The average Bonchev–Trinajstić information content (AvgIpc) is 3.11. The van der Waals surface area contributed by atoms with Crippen LogP contribution in [0.3, 0.4) is 0 Å². The van der Waals surface area contributed by atoms with E-state index in [0.29, 0.717) is 23.1 Å². The number of nitrogens with one attached hydrogen (secondary N) is 1. The number of nitrogens with two attached hydrogens (primary N) is 1. The summed E-state index contributed by atoms with van der Waals surface area (Å²) < 4.78 is 15.4. The minimum absolute atomic E-state index is 0.0719. The Morgan fingerprint density at radius 1 is 1.44 bits per heavy atom. The third-order valence-corrected chi connectivity index (χ3v) is 4.77. The Labute approximate surface area is 143 Å². The second-order valence-corrected chi connectivity index (χ2v) is 6.56. The molecule has 0 fully saturated rings. The lowest BCUT2D eigenvalue weighted by atomic mass is 9.77. The van der Waals surface area contributed by atoms with Gasteiger partial charge in [0.25, 0.3) is 5.91 Å². The van der Waals surface area contributed by atoms with Gasteiger partial charge in [0.2, 0.25) is 0 Å². The highest BCUT2D eigenvalue weighted by molar-refractivity contribution is 6.05. The number of fused-ring (bicyclic) bond motifs is 3. The van der Waals surface area contributed by atoms with Crippen LogP contribution < -0.4 is 5.73 Å². The normalized spacial score (nSPS) is 14.0. The summed E-state index contributed by atoms with van der Waals surface area (Å²) in [4.78, 5) is 26.8. The van der Waals surface area contributed by atoms with Gasteiger partial charge in [-0.05, 0) is 24.3 Å². The summed E-state index contributed by atoms with van der Waals surface area (Å²) in [5.41, 5.74) is 7.47. The van der Waals surface area contributed by atoms with Crippen LogP contribution in [0.25, 0.3) is 16.7 Å². The number of aromatic nitrogens is 3. The van der Waals surface area contributed by atoms with Gasteiger partial charge >= 0.3 is 0 Å². The molecule has 0 saturated carbocycles. The molecular weight excluding hydrogens is 325 g/mol. The first-order chi connectivity index (χ1) is 11.9. The molecule has 0 saturated heterocycles. The Hall–Kier alpha value is -2.77. The first-order valence-electron chi connectivity index (χ1n) is 8.19. The van der Waals surface area contributed by atoms with Crippen molar-refractivity contribution < 1.29 is 9.18 Å². The Balaban J connectivity index is 2.26. The smallest absolute Gasteiger partial charge is 0.251 e. The largest absolute Gasteiger partial charge is 0.366 e. The number of hydrogen-bond acceptors (Lipinski definition) is 4. The molecule has 1 unspecified atom stereocenters. The molecule has 0 radical (unpaired) electrons. The summed E-state index contributed by atoms with van der Waals surface area (Å²) in [7, 11) is 0. The summed E-state index contributed by atoms with van der Waals surface area (Å²) in [5.74, 6) is -1.28. The fourth-order valence-electron chi connectivity index (χ4n) is 3.55. The van der Waals surface area contributed by atoms with Crippen LogP contribution in [0.5, 0.6) is 0 Å². The lowest BCUT2D eigenvalue weighted by molar-refractivity contribution is 0.100. The van der Waals surface area contributed by atoms with Crippen LogP contribution in [0.15, 0.2) is 23.5 Å². The number of primary amides is 1. The summed E-state index contributed by atoms with van der Waals surface area (Å²) in [6.07, 6.45) is 4.17. The van der Waals surface area contributed by atoms with E-state index >= 15 is 0 Å². The van der Waals surface area contributed by atoms with Gasteiger partial charge in [0.1, 0.15) is 11.3 Å². The van der Waals surface area contributed by atoms with Crippen LogP contribution in [0.4, 0.5) is 4.39 Å². The van der Waals surface area contributed by atoms with Crippen molar-refractivity contribution in [3.8, 4) is 0 Å². The van der Waals surface area contributed by atoms with Crippen molar-refractivity contribution in [1.29, 1.82) is 0 Å². The predicted molar refractivity (Wildman–Crippen MR) is 93.1 cm³/mol. The Kier molecular flexibility index (Phi) is 4.28. The zero-order chi connectivity index (χ0) is 18.2. The second kappa shape index (κ2) is 6.27. The number of nitroso groups, excluding NO2 is 1. The Morgan fingerprint density at radius 2 is 2.20 bits per heavy atom. The molecule has 0 aliphatic carbocycles. The molecule has 3 N–H and O–H groups in total. The number of nitrogens with zero attached hydrogens (tertiary/aromatic N) is 3. The quantitative estimate of drug-likeness (QED) is 0.642. The summed E-state index contributed by atoms with van der Waals surface area (Å²) >= 11 is 0. The predicted octanol–water partition coefficient (Wildman–Crippen LogP) is 3.27. The number of benzene rings is 1. The molecule has 1 aromatic carbocycles. The van der Waals surface area contributed by atoms with Crippen LogP contribution >= 0.6 is 0 Å². The molecule has 2 heterocycles. The van der Waals surface area contributed by atoms with Crippen LogP contribution in [0, 0.1) is 10.7 Å². The maximum atomic E-state index is 13.8. The highest BCUT2D eigenvalue weighted by Crippen LogP contribution is 2.36. The van der Waals surface area contributed by atoms with Gasteiger partial charge in [-0.15, -0.1) is 0 Å². The lowest BCUT2D eigenvalue weighted by Crippen LogP contribution is -2.23. The van der Waals surface area contributed by atoms with Crippen molar-refractivity contribution in [1.82, 2.24) is 14.6 Å². The first kappa shape index (κ1) is 17.1. The van der Waals surface area contributed by atoms with Gasteiger partial charge < -0.3 is 5.73 Å². The molecule has 3 aromatic rings. The molecule has 3 rings (SSSR count). The van der Waals surface area contributed by atoms with Crippen molar-refractivity contribution in [3.05, 3.63) is 40.2 Å². The van der Waals surface area contributed by atoms with Crippen LogP contribution in [0.1, 0.15) is 49.0 Å². The van der Waals surface area contributed by atoms with Gasteiger partial charge in [-0.3, -0.25) is 9.89 Å². The van der Waals surface area contributed by atoms with E-state index in [1.165, 1.54) is 6.07 Å². The molecule has 0 aliphatic heterocycles. The van der Waals surface area contributed by atoms with Crippen molar-refractivity contribution >= 4 is 22.6 Å². The SMILES string of the molecule is CCCC(C)(CCN=O)c1c[nH]n2c1nc1cc(F)cc(C(N)=O)c12. The molecule has 1 amide bonds. The van der Waals surface area contributed by atoms with Gasteiger partial charge in [-0.25, -0.2) is 13.9 Å². The van der Waals surface area contributed by atoms with E-state index in [2.05, 4.69) is 29.1 Å². The fraction of sp³-hybridized carbons (Fsp3) is 0.412. The minimum Gasteiger partial charge on any atom is -0.366 e. The number of imidazole rings is 1. The maximum Gasteiger partial charge on any atom is 0.251 e. The van der Waals surface area contributed by atoms with Crippen molar-refractivity contribution in [2.24, 2.45) is 10.9 Å². The molecule has 0 bridgehead atoms. The third kappa shape index (κ3) is 2.77. The third-order valence-electron chi connectivity index (χ3n) is 4.77. The topological polar surface area (TPSA) is 106 Å². The summed E-state index contributed by atoms with van der Waals surface area (Å²) in [6, 6.07) is 2.39. The number of H-pyrrole nitrogens is 1. The fourth-order valence-corrected chi connectivity index (χ4v) is 3.55. The molecule has 2 aromatic heterocycles. The molecule has 7 nitrogen and oxygen atoms in total. The first-order valence-corrected chi connectivity index (χ1v) is 8.19. The van der Waals surface area contributed by atoms with Crippen LogP contribution in [-0.4, -0.2) is 27.0 Å². The molecule has 1 atom stereocenters. The van der Waals surface area contributed by atoms with Gasteiger partial charge in [-0.2, -0.15) is 4.91 Å². The van der Waals surface area contributed by atoms with Gasteiger partial charge in [-0.1, -0.05) is 25.4 Å². The molecule has 132 valence electrons. The molecule has 0 aliphatic rings. The second-order valence-electron chi connectivity index (χ2n) is 6.56. The average molecular weight is 345 g/mol. The summed E-state index contributed by atoms with van der Waals surface area (Å²) in [5, 5.41) is 6.07. The maximum absolute atomic E-state index is 13.8.